The zero-order valence-corrected chi connectivity index (χ0v) is 12.2. The Morgan fingerprint density at radius 3 is 2.50 bits per heavy atom. The van der Waals surface area contributed by atoms with Gasteiger partial charge in [-0.3, -0.25) is 0 Å². The van der Waals surface area contributed by atoms with Crippen molar-refractivity contribution in [3.05, 3.63) is 65.0 Å². The summed E-state index contributed by atoms with van der Waals surface area (Å²) in [5.41, 5.74) is 9.94. The molecule has 0 saturated carbocycles. The van der Waals surface area contributed by atoms with Crippen molar-refractivity contribution in [2.45, 2.75) is 19.9 Å². The van der Waals surface area contributed by atoms with Crippen molar-refractivity contribution in [1.29, 1.82) is 0 Å². The molecule has 2 nitrogen and oxygen atoms in total. The third kappa shape index (κ3) is 2.99. The molecule has 0 saturated heterocycles. The van der Waals surface area contributed by atoms with Crippen LogP contribution in [0.3, 0.4) is 0 Å². The summed E-state index contributed by atoms with van der Waals surface area (Å²) in [7, 11) is 2.02. The van der Waals surface area contributed by atoms with E-state index in [0.717, 1.165) is 11.3 Å². The van der Waals surface area contributed by atoms with E-state index < -0.39 is 0 Å². The monoisotopic (exact) mass is 272 g/mol. The molecule has 0 aliphatic heterocycles. The molecule has 0 amide bonds. The van der Waals surface area contributed by atoms with Gasteiger partial charge in [0, 0.05) is 19.3 Å². The van der Waals surface area contributed by atoms with Gasteiger partial charge >= 0.3 is 0 Å². The molecule has 0 heterocycles. The Morgan fingerprint density at radius 2 is 1.90 bits per heavy atom. The largest absolute Gasteiger partial charge is 0.366 e. The van der Waals surface area contributed by atoms with E-state index in [1.165, 1.54) is 11.6 Å². The molecule has 0 radical (unpaired) electrons. The maximum Gasteiger partial charge on any atom is 0.126 e. The van der Waals surface area contributed by atoms with Crippen LogP contribution in [0.5, 0.6) is 0 Å². The standard InChI is InChI=1S/C17H21FN2/c1-12-5-4-6-15(9-12)20(3)17(11-19)14-7-8-16(18)13(2)10-14/h4-10,17H,11,19H2,1-3H3. The second kappa shape index (κ2) is 6.06. The molecule has 1 atom stereocenters. The highest BCUT2D eigenvalue weighted by molar-refractivity contribution is 5.50. The molecule has 3 heteroatoms. The quantitative estimate of drug-likeness (QED) is 0.921. The fourth-order valence-corrected chi connectivity index (χ4v) is 2.42. The highest BCUT2D eigenvalue weighted by Gasteiger charge is 2.17. The summed E-state index contributed by atoms with van der Waals surface area (Å²) in [5.74, 6) is -0.178. The van der Waals surface area contributed by atoms with Crippen molar-refractivity contribution in [2.24, 2.45) is 5.73 Å². The highest BCUT2D eigenvalue weighted by atomic mass is 19.1. The first-order valence-corrected chi connectivity index (χ1v) is 6.78. The Kier molecular flexibility index (Phi) is 4.40. The van der Waals surface area contributed by atoms with Crippen LogP contribution in [0.4, 0.5) is 10.1 Å². The van der Waals surface area contributed by atoms with Crippen LogP contribution in [0.25, 0.3) is 0 Å². The molecule has 0 fully saturated rings. The van der Waals surface area contributed by atoms with E-state index in [4.69, 9.17) is 5.73 Å². The van der Waals surface area contributed by atoms with Crippen LogP contribution in [0, 0.1) is 19.7 Å². The molecule has 106 valence electrons. The predicted octanol–water partition coefficient (Wildman–Crippen LogP) is 3.58. The van der Waals surface area contributed by atoms with Crippen LogP contribution in [0.2, 0.25) is 0 Å². The summed E-state index contributed by atoms with van der Waals surface area (Å²) >= 11 is 0. The van der Waals surface area contributed by atoms with E-state index in [1.807, 2.05) is 25.2 Å². The Hall–Kier alpha value is -1.87. The number of benzene rings is 2. The van der Waals surface area contributed by atoms with E-state index in [9.17, 15) is 4.39 Å². The predicted molar refractivity (Wildman–Crippen MR) is 82.5 cm³/mol. The van der Waals surface area contributed by atoms with Gasteiger partial charge in [0.25, 0.3) is 0 Å². The summed E-state index contributed by atoms with van der Waals surface area (Å²) in [6.45, 7) is 4.32. The first-order chi connectivity index (χ1) is 9.52. The number of likely N-dealkylation sites (N-methyl/N-ethyl adjacent to an activating group) is 1. The zero-order chi connectivity index (χ0) is 14.7. The van der Waals surface area contributed by atoms with Crippen molar-refractivity contribution in [1.82, 2.24) is 0 Å². The van der Waals surface area contributed by atoms with Gasteiger partial charge in [0.05, 0.1) is 6.04 Å². The molecule has 1 unspecified atom stereocenters. The van der Waals surface area contributed by atoms with Crippen LogP contribution >= 0.6 is 0 Å². The molecule has 20 heavy (non-hydrogen) atoms. The Bertz CT molecular complexity index is 595. The van der Waals surface area contributed by atoms with Gasteiger partial charge in [-0.05, 0) is 48.7 Å². The van der Waals surface area contributed by atoms with Gasteiger partial charge in [0.15, 0.2) is 0 Å². The van der Waals surface area contributed by atoms with E-state index >= 15 is 0 Å². The Morgan fingerprint density at radius 1 is 1.15 bits per heavy atom. The van der Waals surface area contributed by atoms with E-state index in [0.29, 0.717) is 12.1 Å². The molecular weight excluding hydrogens is 251 g/mol. The fourth-order valence-electron chi connectivity index (χ4n) is 2.42. The third-order valence-corrected chi connectivity index (χ3v) is 3.67. The van der Waals surface area contributed by atoms with Crippen molar-refractivity contribution in [3.63, 3.8) is 0 Å². The van der Waals surface area contributed by atoms with Gasteiger partial charge in [-0.2, -0.15) is 0 Å². The summed E-state index contributed by atoms with van der Waals surface area (Å²) in [6.07, 6.45) is 0. The van der Waals surface area contributed by atoms with Crippen LogP contribution in [-0.4, -0.2) is 13.6 Å². The molecule has 0 aliphatic rings. The SMILES string of the molecule is Cc1cccc(N(C)C(CN)c2ccc(F)c(C)c2)c1. The lowest BCUT2D eigenvalue weighted by Crippen LogP contribution is -2.30. The zero-order valence-electron chi connectivity index (χ0n) is 12.2. The fraction of sp³-hybridized carbons (Fsp3) is 0.294. The van der Waals surface area contributed by atoms with Crippen LogP contribution in [0.15, 0.2) is 42.5 Å². The minimum absolute atomic E-state index is 0.0381. The van der Waals surface area contributed by atoms with Gasteiger partial charge in [-0.15, -0.1) is 0 Å². The molecular formula is C17H21FN2. The molecule has 0 aliphatic carbocycles. The Labute approximate surface area is 120 Å². The highest BCUT2D eigenvalue weighted by Crippen LogP contribution is 2.26. The summed E-state index contributed by atoms with van der Waals surface area (Å²) in [5, 5.41) is 0. The van der Waals surface area contributed by atoms with Gasteiger partial charge in [-0.25, -0.2) is 4.39 Å². The number of hydrogen-bond donors (Lipinski definition) is 1. The van der Waals surface area contributed by atoms with Crippen molar-refractivity contribution in [3.8, 4) is 0 Å². The van der Waals surface area contributed by atoms with Crippen molar-refractivity contribution >= 4 is 5.69 Å². The minimum Gasteiger partial charge on any atom is -0.366 e. The number of aryl methyl sites for hydroxylation is 2. The topological polar surface area (TPSA) is 29.3 Å². The molecule has 0 bridgehead atoms. The lowest BCUT2D eigenvalue weighted by Gasteiger charge is -2.30. The summed E-state index contributed by atoms with van der Waals surface area (Å²) < 4.78 is 13.4. The number of nitrogens with two attached hydrogens (primary N) is 1. The maximum atomic E-state index is 13.4. The second-order valence-electron chi connectivity index (χ2n) is 5.21. The molecule has 0 spiro atoms. The van der Waals surface area contributed by atoms with Gasteiger partial charge < -0.3 is 10.6 Å². The molecule has 2 aromatic rings. The van der Waals surface area contributed by atoms with Crippen LogP contribution in [-0.2, 0) is 0 Å². The van der Waals surface area contributed by atoms with E-state index in [2.05, 4.69) is 30.0 Å². The molecule has 2 rings (SSSR count). The third-order valence-electron chi connectivity index (χ3n) is 3.67. The number of nitrogens with zero attached hydrogens (tertiary/aromatic N) is 1. The van der Waals surface area contributed by atoms with Crippen molar-refractivity contribution < 1.29 is 4.39 Å². The number of rotatable bonds is 4. The lowest BCUT2D eigenvalue weighted by molar-refractivity contribution is 0.613. The number of halogens is 1. The summed E-state index contributed by atoms with van der Waals surface area (Å²) in [4.78, 5) is 2.14. The molecule has 2 aromatic carbocycles. The Balaban J connectivity index is 2.33. The second-order valence-corrected chi connectivity index (χ2v) is 5.21. The van der Waals surface area contributed by atoms with Gasteiger partial charge in [-0.1, -0.05) is 24.3 Å². The van der Waals surface area contributed by atoms with Crippen LogP contribution in [0.1, 0.15) is 22.7 Å². The lowest BCUT2D eigenvalue weighted by atomic mass is 10.0. The first-order valence-electron chi connectivity index (χ1n) is 6.78. The van der Waals surface area contributed by atoms with Gasteiger partial charge in [0.1, 0.15) is 5.82 Å². The molecule has 2 N–H and O–H groups in total. The average Bonchev–Trinajstić information content (AvgIpc) is 2.43. The number of anilines is 1. The van der Waals surface area contributed by atoms with E-state index in [-0.39, 0.29) is 11.9 Å². The first kappa shape index (κ1) is 14.5. The van der Waals surface area contributed by atoms with Gasteiger partial charge in [0.2, 0.25) is 0 Å². The normalized spacial score (nSPS) is 12.2. The maximum absolute atomic E-state index is 13.4. The average molecular weight is 272 g/mol. The van der Waals surface area contributed by atoms with E-state index in [1.54, 1.807) is 6.92 Å². The summed E-state index contributed by atoms with van der Waals surface area (Å²) in [6, 6.07) is 13.5. The van der Waals surface area contributed by atoms with Crippen LogP contribution < -0.4 is 10.6 Å². The molecule has 0 aromatic heterocycles. The van der Waals surface area contributed by atoms with Crippen molar-refractivity contribution in [2.75, 3.05) is 18.5 Å². The minimum atomic E-state index is -0.178. The number of hydrogen-bond acceptors (Lipinski definition) is 2. The smallest absolute Gasteiger partial charge is 0.126 e.